The minimum absolute atomic E-state index is 0.183. The fourth-order valence-electron chi connectivity index (χ4n) is 1.44. The summed E-state index contributed by atoms with van der Waals surface area (Å²) in [6, 6.07) is 2.62. The molecule has 1 rings (SSSR count). The summed E-state index contributed by atoms with van der Waals surface area (Å²) in [6.45, 7) is 0. The summed E-state index contributed by atoms with van der Waals surface area (Å²) >= 11 is 0. The SMILES string of the molecule is COC(=O)/C=C/c1cc(OC)c(OC)cc1S(=O)(=O)Cl. The molecule has 0 radical (unpaired) electrons. The van der Waals surface area contributed by atoms with Gasteiger partial charge in [0.2, 0.25) is 0 Å². The van der Waals surface area contributed by atoms with E-state index in [4.69, 9.17) is 20.2 Å². The quantitative estimate of drug-likeness (QED) is 0.468. The molecule has 0 saturated carbocycles. The molecule has 0 aliphatic carbocycles. The lowest BCUT2D eigenvalue weighted by atomic mass is 10.2. The number of methoxy groups -OCH3 is 3. The van der Waals surface area contributed by atoms with E-state index in [1.807, 2.05) is 0 Å². The molecular weight excluding hydrogens is 308 g/mol. The van der Waals surface area contributed by atoms with E-state index in [2.05, 4.69) is 4.74 Å². The smallest absolute Gasteiger partial charge is 0.330 e. The zero-order valence-corrected chi connectivity index (χ0v) is 12.6. The Bertz CT molecular complexity index is 636. The number of carbonyl (C=O) groups is 1. The normalized spacial score (nSPS) is 11.4. The van der Waals surface area contributed by atoms with Crippen molar-refractivity contribution in [2.45, 2.75) is 4.90 Å². The molecule has 0 atom stereocenters. The van der Waals surface area contributed by atoms with Crippen molar-refractivity contribution in [1.82, 2.24) is 0 Å². The number of esters is 1. The first-order valence-electron chi connectivity index (χ1n) is 5.30. The minimum Gasteiger partial charge on any atom is -0.493 e. The summed E-state index contributed by atoms with van der Waals surface area (Å²) in [4.78, 5) is 10.9. The van der Waals surface area contributed by atoms with E-state index in [0.29, 0.717) is 5.75 Å². The maximum atomic E-state index is 11.6. The van der Waals surface area contributed by atoms with Gasteiger partial charge in [0.25, 0.3) is 9.05 Å². The fourth-order valence-corrected chi connectivity index (χ4v) is 2.50. The summed E-state index contributed by atoms with van der Waals surface area (Å²) in [5.41, 5.74) is 0.183. The van der Waals surface area contributed by atoms with Gasteiger partial charge in [-0.15, -0.1) is 0 Å². The molecule has 6 nitrogen and oxygen atoms in total. The predicted octanol–water partition coefficient (Wildman–Crippen LogP) is 1.82. The largest absolute Gasteiger partial charge is 0.493 e. The molecule has 0 saturated heterocycles. The molecule has 8 heteroatoms. The third-order valence-electron chi connectivity index (χ3n) is 2.38. The Morgan fingerprint density at radius 1 is 1.15 bits per heavy atom. The summed E-state index contributed by atoms with van der Waals surface area (Å²) in [6.07, 6.45) is 2.34. The molecule has 20 heavy (non-hydrogen) atoms. The number of carbonyl (C=O) groups excluding carboxylic acids is 1. The first-order valence-corrected chi connectivity index (χ1v) is 7.61. The molecule has 0 bridgehead atoms. The monoisotopic (exact) mass is 320 g/mol. The molecule has 0 aliphatic heterocycles. The van der Waals surface area contributed by atoms with Crippen LogP contribution in [0.1, 0.15) is 5.56 Å². The molecular formula is C12H13ClO6S. The fraction of sp³-hybridized carbons (Fsp3) is 0.250. The first kappa shape index (κ1) is 16.3. The summed E-state index contributed by atoms with van der Waals surface area (Å²) in [5.74, 6) is -0.110. The molecule has 0 aromatic heterocycles. The van der Waals surface area contributed by atoms with Gasteiger partial charge in [-0.2, -0.15) is 0 Å². The molecule has 0 spiro atoms. The lowest BCUT2D eigenvalue weighted by Gasteiger charge is -2.11. The van der Waals surface area contributed by atoms with Crippen molar-refractivity contribution in [1.29, 1.82) is 0 Å². The van der Waals surface area contributed by atoms with E-state index >= 15 is 0 Å². The second-order valence-electron chi connectivity index (χ2n) is 3.54. The highest BCUT2D eigenvalue weighted by Gasteiger charge is 2.19. The topological polar surface area (TPSA) is 78.9 Å². The van der Waals surface area contributed by atoms with Crippen LogP contribution in [0.2, 0.25) is 0 Å². The maximum Gasteiger partial charge on any atom is 0.330 e. The van der Waals surface area contributed by atoms with Gasteiger partial charge in [-0.3, -0.25) is 0 Å². The van der Waals surface area contributed by atoms with Crippen molar-refractivity contribution in [3.63, 3.8) is 0 Å². The van der Waals surface area contributed by atoms with E-state index in [-0.39, 0.29) is 16.2 Å². The number of halogens is 1. The number of ether oxygens (including phenoxy) is 3. The van der Waals surface area contributed by atoms with Crippen LogP contribution in [-0.4, -0.2) is 35.7 Å². The lowest BCUT2D eigenvalue weighted by Crippen LogP contribution is -2.00. The molecule has 0 fully saturated rings. The second-order valence-corrected chi connectivity index (χ2v) is 6.07. The number of hydrogen-bond donors (Lipinski definition) is 0. The Labute approximate surface area is 121 Å². The van der Waals surface area contributed by atoms with Gasteiger partial charge in [0.1, 0.15) is 0 Å². The van der Waals surface area contributed by atoms with Crippen LogP contribution < -0.4 is 9.47 Å². The molecule has 0 N–H and O–H groups in total. The third-order valence-corrected chi connectivity index (χ3v) is 3.76. The summed E-state index contributed by atoms with van der Waals surface area (Å²) in [5, 5.41) is 0. The standard InChI is InChI=1S/C12H13ClO6S/c1-17-9-6-8(4-5-12(14)19-3)11(20(13,15)16)7-10(9)18-2/h4-7H,1-3H3/b5-4+. The van der Waals surface area contributed by atoms with Gasteiger partial charge >= 0.3 is 5.97 Å². The van der Waals surface area contributed by atoms with Gasteiger partial charge in [-0.05, 0) is 17.7 Å². The maximum absolute atomic E-state index is 11.6. The van der Waals surface area contributed by atoms with E-state index in [9.17, 15) is 13.2 Å². The molecule has 0 unspecified atom stereocenters. The van der Waals surface area contributed by atoms with E-state index in [1.54, 1.807) is 0 Å². The highest BCUT2D eigenvalue weighted by molar-refractivity contribution is 8.13. The van der Waals surface area contributed by atoms with Gasteiger partial charge in [-0.25, -0.2) is 13.2 Å². The van der Waals surface area contributed by atoms with Gasteiger partial charge in [-0.1, -0.05) is 0 Å². The minimum atomic E-state index is -4.01. The highest BCUT2D eigenvalue weighted by Crippen LogP contribution is 2.34. The number of benzene rings is 1. The summed E-state index contributed by atoms with van der Waals surface area (Å²) in [7, 11) is 5.33. The predicted molar refractivity (Wildman–Crippen MR) is 73.6 cm³/mol. The van der Waals surface area contributed by atoms with Crippen LogP contribution in [0, 0.1) is 0 Å². The molecule has 1 aromatic rings. The molecule has 0 aliphatic rings. The Hall–Kier alpha value is -1.73. The van der Waals surface area contributed by atoms with Crippen molar-refractivity contribution >= 4 is 31.8 Å². The zero-order chi connectivity index (χ0) is 15.3. The summed E-state index contributed by atoms with van der Waals surface area (Å²) < 4.78 is 37.6. The van der Waals surface area contributed by atoms with Crippen LogP contribution >= 0.6 is 10.7 Å². The van der Waals surface area contributed by atoms with Crippen molar-refractivity contribution in [3.8, 4) is 11.5 Å². The van der Waals surface area contributed by atoms with Crippen LogP contribution in [-0.2, 0) is 18.6 Å². The Balaban J connectivity index is 3.47. The van der Waals surface area contributed by atoms with Crippen molar-refractivity contribution in [3.05, 3.63) is 23.8 Å². The van der Waals surface area contributed by atoms with Crippen LogP contribution in [0.3, 0.4) is 0 Å². The number of hydrogen-bond acceptors (Lipinski definition) is 6. The van der Waals surface area contributed by atoms with Gasteiger partial charge in [0.15, 0.2) is 11.5 Å². The average molecular weight is 321 g/mol. The zero-order valence-electron chi connectivity index (χ0n) is 11.0. The van der Waals surface area contributed by atoms with E-state index in [1.165, 1.54) is 39.5 Å². The Morgan fingerprint density at radius 3 is 2.15 bits per heavy atom. The van der Waals surface area contributed by atoms with E-state index < -0.39 is 15.0 Å². The van der Waals surface area contributed by atoms with Crippen LogP contribution in [0.4, 0.5) is 0 Å². The van der Waals surface area contributed by atoms with Gasteiger partial charge < -0.3 is 14.2 Å². The molecule has 0 heterocycles. The average Bonchev–Trinajstić information content (AvgIpc) is 2.42. The molecule has 1 aromatic carbocycles. The second kappa shape index (κ2) is 6.62. The Morgan fingerprint density at radius 2 is 1.70 bits per heavy atom. The highest BCUT2D eigenvalue weighted by atomic mass is 35.7. The van der Waals surface area contributed by atoms with E-state index in [0.717, 1.165) is 6.08 Å². The van der Waals surface area contributed by atoms with Crippen molar-refractivity contribution < 1.29 is 27.4 Å². The third kappa shape index (κ3) is 3.88. The Kier molecular flexibility index (Phi) is 5.41. The van der Waals surface area contributed by atoms with Gasteiger partial charge in [0, 0.05) is 22.8 Å². The first-order chi connectivity index (χ1) is 9.33. The van der Waals surface area contributed by atoms with Crippen LogP contribution in [0.5, 0.6) is 11.5 Å². The van der Waals surface area contributed by atoms with Gasteiger partial charge in [0.05, 0.1) is 26.2 Å². The lowest BCUT2D eigenvalue weighted by molar-refractivity contribution is -0.134. The van der Waals surface area contributed by atoms with Crippen molar-refractivity contribution in [2.75, 3.05) is 21.3 Å². The molecule has 0 amide bonds. The van der Waals surface area contributed by atoms with Crippen LogP contribution in [0.25, 0.3) is 6.08 Å². The van der Waals surface area contributed by atoms with Crippen molar-refractivity contribution in [2.24, 2.45) is 0 Å². The molecule has 110 valence electrons. The number of rotatable bonds is 5. The van der Waals surface area contributed by atoms with Crippen LogP contribution in [0.15, 0.2) is 23.1 Å².